The maximum absolute atomic E-state index is 11.4. The molecule has 0 aliphatic heterocycles. The van der Waals surface area contributed by atoms with E-state index in [0.29, 0.717) is 18.5 Å². The minimum absolute atomic E-state index is 0.148. The summed E-state index contributed by atoms with van der Waals surface area (Å²) in [6.07, 6.45) is 1.11. The number of hydrogen-bond donors (Lipinski definition) is 1. The van der Waals surface area contributed by atoms with Crippen LogP contribution in [0.2, 0.25) is 0 Å². The van der Waals surface area contributed by atoms with Gasteiger partial charge in [0.2, 0.25) is 0 Å². The summed E-state index contributed by atoms with van der Waals surface area (Å²) in [5, 5.41) is 19.8. The van der Waals surface area contributed by atoms with Crippen molar-refractivity contribution in [3.8, 4) is 11.4 Å². The number of Topliss-reactive ketones (excluding diaryl/α,β-unsaturated/α-hetero) is 1. The lowest BCUT2D eigenvalue weighted by Crippen LogP contribution is -2.14. The average molecular weight is 398 g/mol. The first-order valence-corrected chi connectivity index (χ1v) is 10.4. The Morgan fingerprint density at radius 3 is 1.97 bits per heavy atom. The van der Waals surface area contributed by atoms with Crippen molar-refractivity contribution < 1.29 is 9.90 Å². The highest BCUT2D eigenvalue weighted by Crippen LogP contribution is 2.36. The van der Waals surface area contributed by atoms with E-state index in [1.807, 2.05) is 84.9 Å². The summed E-state index contributed by atoms with van der Waals surface area (Å²) in [5.74, 6) is 0.328. The lowest BCUT2D eigenvalue weighted by atomic mass is 9.84. The normalized spacial score (nSPS) is 10.6. The van der Waals surface area contributed by atoms with Crippen molar-refractivity contribution in [2.45, 2.75) is 73.6 Å². The molecule has 0 amide bonds. The van der Waals surface area contributed by atoms with Crippen LogP contribution in [0.4, 0.5) is 0 Å². The Bertz CT molecular complexity index is 904. The van der Waals surface area contributed by atoms with Gasteiger partial charge in [0.1, 0.15) is 28.3 Å². The van der Waals surface area contributed by atoms with E-state index in [1.54, 1.807) is 6.92 Å². The van der Waals surface area contributed by atoms with E-state index in [1.165, 1.54) is 4.80 Å². The van der Waals surface area contributed by atoms with Crippen LogP contribution >= 0.6 is 0 Å². The summed E-state index contributed by atoms with van der Waals surface area (Å²) >= 11 is 0. The van der Waals surface area contributed by atoms with Crippen LogP contribution in [-0.4, -0.2) is 25.9 Å². The minimum atomic E-state index is -0.238. The number of nitrogens with zero attached hydrogens (tertiary/aromatic N) is 3. The number of carbonyl (C=O) groups excluding carboxylic acids is 1. The molecule has 2 aromatic carbocycles. The number of fused-ring (bicyclic) bond motifs is 1. The van der Waals surface area contributed by atoms with Gasteiger partial charge in [0.05, 0.1) is 0 Å². The van der Waals surface area contributed by atoms with Crippen LogP contribution in [0.25, 0.3) is 16.7 Å². The third-order valence-electron chi connectivity index (χ3n) is 4.23. The molecular formula is C24H35N3O2. The molecule has 0 radical (unpaired) electrons. The SMILES string of the molecule is CC.CC.CC(=O)CCc1cc(-n2nc3ccccc3n2)c(O)c(C(C)(C)C)c1. The highest BCUT2D eigenvalue weighted by atomic mass is 16.3. The van der Waals surface area contributed by atoms with Gasteiger partial charge in [-0.2, -0.15) is 0 Å². The third kappa shape index (κ3) is 6.14. The van der Waals surface area contributed by atoms with Crippen molar-refractivity contribution in [2.24, 2.45) is 0 Å². The number of aromatic hydroxyl groups is 1. The Hall–Kier alpha value is -2.69. The third-order valence-corrected chi connectivity index (χ3v) is 4.23. The van der Waals surface area contributed by atoms with Crippen LogP contribution in [0.5, 0.6) is 5.75 Å². The van der Waals surface area contributed by atoms with E-state index in [4.69, 9.17) is 0 Å². The highest BCUT2D eigenvalue weighted by molar-refractivity contribution is 5.76. The van der Waals surface area contributed by atoms with Crippen molar-refractivity contribution in [2.75, 3.05) is 0 Å². The predicted octanol–water partition coefficient (Wildman–Crippen LogP) is 6.00. The van der Waals surface area contributed by atoms with Crippen molar-refractivity contribution in [3.05, 3.63) is 47.5 Å². The first-order valence-electron chi connectivity index (χ1n) is 10.4. The molecule has 5 heteroatoms. The molecular weight excluding hydrogens is 362 g/mol. The van der Waals surface area contributed by atoms with Crippen LogP contribution in [0.15, 0.2) is 36.4 Å². The molecule has 5 nitrogen and oxygen atoms in total. The number of benzene rings is 2. The van der Waals surface area contributed by atoms with E-state index < -0.39 is 0 Å². The van der Waals surface area contributed by atoms with Crippen molar-refractivity contribution >= 4 is 16.8 Å². The molecule has 1 heterocycles. The zero-order valence-corrected chi connectivity index (χ0v) is 19.1. The molecule has 1 aromatic heterocycles. The van der Waals surface area contributed by atoms with Gasteiger partial charge in [0.15, 0.2) is 0 Å². The van der Waals surface area contributed by atoms with Gasteiger partial charge in [-0.05, 0) is 42.5 Å². The zero-order chi connectivity index (χ0) is 22.2. The van der Waals surface area contributed by atoms with Crippen molar-refractivity contribution in [1.29, 1.82) is 0 Å². The number of aryl methyl sites for hydroxylation is 1. The summed E-state index contributed by atoms with van der Waals surface area (Å²) in [4.78, 5) is 12.8. The smallest absolute Gasteiger partial charge is 0.146 e. The molecule has 29 heavy (non-hydrogen) atoms. The number of aromatic nitrogens is 3. The summed E-state index contributed by atoms with van der Waals surface area (Å²) in [5.41, 5.74) is 3.67. The number of hydrogen-bond acceptors (Lipinski definition) is 4. The molecule has 0 saturated heterocycles. The summed E-state index contributed by atoms with van der Waals surface area (Å²) in [6.45, 7) is 15.7. The van der Waals surface area contributed by atoms with E-state index >= 15 is 0 Å². The predicted molar refractivity (Wildman–Crippen MR) is 121 cm³/mol. The number of phenolic OH excluding ortho intramolecular Hbond substituents is 1. The topological polar surface area (TPSA) is 68.0 Å². The molecule has 3 rings (SSSR count). The average Bonchev–Trinajstić information content (AvgIpc) is 3.13. The molecule has 0 unspecified atom stereocenters. The number of ketones is 1. The molecule has 1 N–H and O–H groups in total. The maximum atomic E-state index is 11.4. The molecule has 0 aliphatic rings. The van der Waals surface area contributed by atoms with E-state index in [2.05, 4.69) is 10.2 Å². The fourth-order valence-electron chi connectivity index (χ4n) is 2.83. The van der Waals surface area contributed by atoms with Crippen molar-refractivity contribution in [1.82, 2.24) is 15.0 Å². The van der Waals surface area contributed by atoms with Crippen LogP contribution in [-0.2, 0) is 16.6 Å². The summed E-state index contributed by atoms with van der Waals surface area (Å²) in [7, 11) is 0. The molecule has 0 saturated carbocycles. The second kappa shape index (κ2) is 10.7. The first kappa shape index (κ1) is 24.3. The van der Waals surface area contributed by atoms with E-state index in [0.717, 1.165) is 22.2 Å². The molecule has 0 spiro atoms. The Morgan fingerprint density at radius 1 is 1.00 bits per heavy atom. The van der Waals surface area contributed by atoms with E-state index in [9.17, 15) is 9.90 Å². The van der Waals surface area contributed by atoms with Gasteiger partial charge in [-0.25, -0.2) is 0 Å². The Kier molecular flexibility index (Phi) is 9.02. The number of rotatable bonds is 4. The van der Waals surface area contributed by atoms with Crippen LogP contribution < -0.4 is 0 Å². The van der Waals surface area contributed by atoms with Crippen LogP contribution in [0.1, 0.15) is 72.9 Å². The monoisotopic (exact) mass is 397 g/mol. The second-order valence-corrected chi connectivity index (χ2v) is 7.44. The molecule has 0 fully saturated rings. The van der Waals surface area contributed by atoms with E-state index in [-0.39, 0.29) is 16.9 Å². The van der Waals surface area contributed by atoms with Gasteiger partial charge < -0.3 is 9.90 Å². The van der Waals surface area contributed by atoms with Crippen LogP contribution in [0, 0.1) is 0 Å². The molecule has 0 bridgehead atoms. The standard InChI is InChI=1S/C20H23N3O2.2C2H6/c1-13(24)9-10-14-11-15(20(2,3)4)19(25)18(12-14)23-21-16-7-5-6-8-17(16)22-23;2*1-2/h5-8,11-12,25H,9-10H2,1-4H3;2*1-2H3. The van der Waals surface area contributed by atoms with Gasteiger partial charge in [0.25, 0.3) is 0 Å². The van der Waals surface area contributed by atoms with Gasteiger partial charge in [0, 0.05) is 12.0 Å². The lowest BCUT2D eigenvalue weighted by molar-refractivity contribution is -0.116. The zero-order valence-electron chi connectivity index (χ0n) is 19.1. The lowest BCUT2D eigenvalue weighted by Gasteiger charge is -2.23. The Balaban J connectivity index is 0.000000989. The minimum Gasteiger partial charge on any atom is -0.505 e. The maximum Gasteiger partial charge on any atom is 0.146 e. The quantitative estimate of drug-likeness (QED) is 0.586. The van der Waals surface area contributed by atoms with Gasteiger partial charge in [-0.1, -0.05) is 66.7 Å². The molecule has 0 aliphatic carbocycles. The second-order valence-electron chi connectivity index (χ2n) is 7.44. The van der Waals surface area contributed by atoms with Crippen LogP contribution in [0.3, 0.4) is 0 Å². The first-order chi connectivity index (χ1) is 13.8. The molecule has 3 aromatic rings. The van der Waals surface area contributed by atoms with Gasteiger partial charge >= 0.3 is 0 Å². The molecule has 0 atom stereocenters. The highest BCUT2D eigenvalue weighted by Gasteiger charge is 2.23. The fraction of sp³-hybridized carbons (Fsp3) is 0.458. The largest absolute Gasteiger partial charge is 0.505 e. The summed E-state index contributed by atoms with van der Waals surface area (Å²) < 4.78 is 0. The van der Waals surface area contributed by atoms with Gasteiger partial charge in [-0.15, -0.1) is 15.0 Å². The van der Waals surface area contributed by atoms with Crippen molar-refractivity contribution in [3.63, 3.8) is 0 Å². The van der Waals surface area contributed by atoms with Gasteiger partial charge in [-0.3, -0.25) is 0 Å². The molecule has 158 valence electrons. The Labute approximate surface area is 174 Å². The number of carbonyl (C=O) groups is 1. The fourth-order valence-corrected chi connectivity index (χ4v) is 2.83. The summed E-state index contributed by atoms with van der Waals surface area (Å²) in [6, 6.07) is 11.4. The number of phenols is 1. The Morgan fingerprint density at radius 2 is 1.52 bits per heavy atom.